The van der Waals surface area contributed by atoms with Crippen molar-refractivity contribution in [3.8, 4) is 11.3 Å². The molecule has 0 bridgehead atoms. The number of sulfone groups is 1. The van der Waals surface area contributed by atoms with Crippen LogP contribution in [0, 0.1) is 0 Å². The first kappa shape index (κ1) is 16.8. The third kappa shape index (κ3) is 3.25. The van der Waals surface area contributed by atoms with Crippen LogP contribution in [0.2, 0.25) is 0 Å². The Morgan fingerprint density at radius 1 is 1.04 bits per heavy atom. The number of thiazole rings is 1. The maximum Gasteiger partial charge on any atom is 0.192 e. The molecule has 0 unspecified atom stereocenters. The van der Waals surface area contributed by atoms with Gasteiger partial charge in [-0.2, -0.15) is 0 Å². The number of hydrogen-bond donors (Lipinski definition) is 0. The van der Waals surface area contributed by atoms with Crippen LogP contribution in [0.15, 0.2) is 59.1 Å². The molecule has 3 rings (SSSR count). The summed E-state index contributed by atoms with van der Waals surface area (Å²) in [5.74, 6) is 0. The number of pyridine rings is 1. The second-order valence-corrected chi connectivity index (χ2v) is 9.01. The molecule has 1 aromatic carbocycles. The molecule has 124 valence electrons. The van der Waals surface area contributed by atoms with E-state index >= 15 is 0 Å². The smallest absolute Gasteiger partial charge is 0.192 e. The van der Waals surface area contributed by atoms with Crippen LogP contribution >= 0.6 is 11.3 Å². The molecule has 0 amide bonds. The average molecular weight is 358 g/mol. The SMILES string of the molecule is CC(C)(c1ccccc1)c1nc(-c2ccc(S(C)(=O)=O)nc2)cs1. The molecule has 0 saturated heterocycles. The van der Waals surface area contributed by atoms with E-state index in [1.165, 1.54) is 11.6 Å². The summed E-state index contributed by atoms with van der Waals surface area (Å²) < 4.78 is 23.0. The molecule has 0 spiro atoms. The van der Waals surface area contributed by atoms with Crippen LogP contribution in [0.1, 0.15) is 24.4 Å². The van der Waals surface area contributed by atoms with Gasteiger partial charge in [-0.25, -0.2) is 18.4 Å². The maximum absolute atomic E-state index is 11.5. The van der Waals surface area contributed by atoms with Crippen LogP contribution in [0.5, 0.6) is 0 Å². The Labute approximate surface area is 146 Å². The Bertz CT molecular complexity index is 944. The van der Waals surface area contributed by atoms with Crippen molar-refractivity contribution in [3.63, 3.8) is 0 Å². The lowest BCUT2D eigenvalue weighted by Crippen LogP contribution is -2.18. The van der Waals surface area contributed by atoms with Gasteiger partial charge in [0, 0.05) is 28.8 Å². The Morgan fingerprint density at radius 3 is 2.33 bits per heavy atom. The molecule has 2 aromatic heterocycles. The van der Waals surface area contributed by atoms with E-state index in [0.29, 0.717) is 0 Å². The van der Waals surface area contributed by atoms with Crippen molar-refractivity contribution in [2.24, 2.45) is 0 Å². The van der Waals surface area contributed by atoms with Gasteiger partial charge in [0.1, 0.15) is 5.01 Å². The zero-order chi connectivity index (χ0) is 17.4. The molecule has 24 heavy (non-hydrogen) atoms. The maximum atomic E-state index is 11.5. The summed E-state index contributed by atoms with van der Waals surface area (Å²) in [7, 11) is -3.28. The number of rotatable bonds is 4. The molecule has 0 N–H and O–H groups in total. The van der Waals surface area contributed by atoms with Crippen molar-refractivity contribution >= 4 is 21.2 Å². The molecular formula is C18H18N2O2S2. The highest BCUT2D eigenvalue weighted by Gasteiger charge is 2.26. The van der Waals surface area contributed by atoms with Crippen molar-refractivity contribution in [2.75, 3.05) is 6.26 Å². The first-order valence-corrected chi connectivity index (χ1v) is 10.2. The molecule has 0 aliphatic carbocycles. The molecule has 0 aliphatic heterocycles. The molecule has 6 heteroatoms. The summed E-state index contributed by atoms with van der Waals surface area (Å²) >= 11 is 1.60. The van der Waals surface area contributed by atoms with Gasteiger partial charge in [-0.05, 0) is 31.5 Å². The zero-order valence-corrected chi connectivity index (χ0v) is 15.4. The minimum Gasteiger partial charge on any atom is -0.244 e. The molecular weight excluding hydrogens is 340 g/mol. The lowest BCUT2D eigenvalue weighted by atomic mass is 9.85. The Hall–Kier alpha value is -2.05. The van der Waals surface area contributed by atoms with Crippen LogP contribution < -0.4 is 0 Å². The van der Waals surface area contributed by atoms with Gasteiger partial charge in [-0.15, -0.1) is 11.3 Å². The van der Waals surface area contributed by atoms with Gasteiger partial charge in [0.25, 0.3) is 0 Å². The van der Waals surface area contributed by atoms with Crippen LogP contribution in [-0.4, -0.2) is 24.6 Å². The van der Waals surface area contributed by atoms with E-state index in [2.05, 4.69) is 31.0 Å². The second-order valence-electron chi connectivity index (χ2n) is 6.19. The van der Waals surface area contributed by atoms with E-state index in [0.717, 1.165) is 22.5 Å². The van der Waals surface area contributed by atoms with Crippen LogP contribution in [0.4, 0.5) is 0 Å². The standard InChI is InChI=1S/C18H18N2O2S2/c1-18(2,14-7-5-4-6-8-14)17-20-15(12-23-17)13-9-10-16(19-11-13)24(3,21)22/h4-12H,1-3H3. The largest absolute Gasteiger partial charge is 0.244 e. The van der Waals surface area contributed by atoms with E-state index in [1.54, 1.807) is 23.6 Å². The van der Waals surface area contributed by atoms with Crippen molar-refractivity contribution < 1.29 is 8.42 Å². The molecule has 4 nitrogen and oxygen atoms in total. The predicted octanol–water partition coefficient (Wildman–Crippen LogP) is 3.93. The fourth-order valence-corrected chi connectivity index (χ4v) is 3.96. The highest BCUT2D eigenvalue weighted by molar-refractivity contribution is 7.90. The van der Waals surface area contributed by atoms with Crippen molar-refractivity contribution in [2.45, 2.75) is 24.3 Å². The minimum absolute atomic E-state index is 0.0753. The molecule has 0 aliphatic rings. The van der Waals surface area contributed by atoms with Crippen molar-refractivity contribution in [1.29, 1.82) is 0 Å². The Kier molecular flexibility index (Phi) is 4.27. The summed E-state index contributed by atoms with van der Waals surface area (Å²) in [6.07, 6.45) is 2.71. The average Bonchev–Trinajstić information content (AvgIpc) is 3.06. The van der Waals surface area contributed by atoms with Gasteiger partial charge in [-0.3, -0.25) is 0 Å². The summed E-state index contributed by atoms with van der Waals surface area (Å²) in [4.78, 5) is 8.78. The fraction of sp³-hybridized carbons (Fsp3) is 0.222. The third-order valence-electron chi connectivity index (χ3n) is 3.95. The van der Waals surface area contributed by atoms with Crippen LogP contribution in [-0.2, 0) is 15.3 Å². The monoisotopic (exact) mass is 358 g/mol. The summed E-state index contributed by atoms with van der Waals surface area (Å²) in [5.41, 5.74) is 2.64. The van der Waals surface area contributed by atoms with E-state index in [-0.39, 0.29) is 10.4 Å². The van der Waals surface area contributed by atoms with E-state index in [9.17, 15) is 8.42 Å². The van der Waals surface area contributed by atoms with Gasteiger partial charge < -0.3 is 0 Å². The predicted molar refractivity (Wildman–Crippen MR) is 97.0 cm³/mol. The van der Waals surface area contributed by atoms with Gasteiger partial charge in [0.05, 0.1) is 5.69 Å². The quantitative estimate of drug-likeness (QED) is 0.709. The zero-order valence-electron chi connectivity index (χ0n) is 13.7. The first-order valence-electron chi connectivity index (χ1n) is 7.46. The molecule has 0 radical (unpaired) electrons. The molecule has 3 aromatic rings. The molecule has 0 fully saturated rings. The van der Waals surface area contributed by atoms with Crippen LogP contribution in [0.3, 0.4) is 0 Å². The van der Waals surface area contributed by atoms with Crippen molar-refractivity contribution in [1.82, 2.24) is 9.97 Å². The van der Waals surface area contributed by atoms with Crippen molar-refractivity contribution in [3.05, 3.63) is 64.6 Å². The number of hydrogen-bond acceptors (Lipinski definition) is 5. The van der Waals surface area contributed by atoms with Gasteiger partial charge in [0.2, 0.25) is 0 Å². The van der Waals surface area contributed by atoms with E-state index in [4.69, 9.17) is 4.98 Å². The second kappa shape index (κ2) is 6.11. The summed E-state index contributed by atoms with van der Waals surface area (Å²) in [6.45, 7) is 4.30. The van der Waals surface area contributed by atoms with E-state index in [1.807, 2.05) is 23.6 Å². The van der Waals surface area contributed by atoms with Crippen LogP contribution in [0.25, 0.3) is 11.3 Å². The normalized spacial score (nSPS) is 12.3. The fourth-order valence-electron chi connectivity index (χ4n) is 2.42. The number of benzene rings is 1. The number of aromatic nitrogens is 2. The highest BCUT2D eigenvalue weighted by Crippen LogP contribution is 2.35. The topological polar surface area (TPSA) is 59.9 Å². The Morgan fingerprint density at radius 2 is 1.75 bits per heavy atom. The summed E-state index contributed by atoms with van der Waals surface area (Å²) in [5, 5.41) is 3.07. The van der Waals surface area contributed by atoms with E-state index < -0.39 is 9.84 Å². The molecule has 0 atom stereocenters. The first-order chi connectivity index (χ1) is 11.3. The lowest BCUT2D eigenvalue weighted by Gasteiger charge is -2.22. The lowest BCUT2D eigenvalue weighted by molar-refractivity contribution is 0.598. The van der Waals surface area contributed by atoms with Gasteiger partial charge >= 0.3 is 0 Å². The van der Waals surface area contributed by atoms with Gasteiger partial charge in [0.15, 0.2) is 14.9 Å². The number of nitrogens with zero attached hydrogens (tertiary/aromatic N) is 2. The summed E-state index contributed by atoms with van der Waals surface area (Å²) in [6, 6.07) is 13.5. The third-order valence-corrected chi connectivity index (χ3v) is 6.11. The molecule has 0 saturated carbocycles. The highest BCUT2D eigenvalue weighted by atomic mass is 32.2. The molecule has 2 heterocycles. The Balaban J connectivity index is 1.94. The minimum atomic E-state index is -3.28. The van der Waals surface area contributed by atoms with Gasteiger partial charge in [-0.1, -0.05) is 30.3 Å².